The van der Waals surface area contributed by atoms with E-state index in [9.17, 15) is 5.26 Å². The molecule has 0 amide bonds. The standard InChI is InChI=1S/C22H18ClN3/c23-18-10-8-16(9-11-18)20-14-21(26-12-4-5-13-26)19(15-24)22(25-20)17-6-2-1-3-7-17/h1-3,6-11,14H,4-5,12-13H2. The van der Waals surface area contributed by atoms with Crippen molar-refractivity contribution >= 4 is 17.3 Å². The Labute approximate surface area is 158 Å². The van der Waals surface area contributed by atoms with Gasteiger partial charge in [0.1, 0.15) is 11.6 Å². The van der Waals surface area contributed by atoms with Crippen LogP contribution in [0.25, 0.3) is 22.5 Å². The van der Waals surface area contributed by atoms with Gasteiger partial charge in [0, 0.05) is 29.2 Å². The van der Waals surface area contributed by atoms with Crippen LogP contribution in [-0.4, -0.2) is 18.1 Å². The van der Waals surface area contributed by atoms with E-state index < -0.39 is 0 Å². The van der Waals surface area contributed by atoms with Gasteiger partial charge in [-0.25, -0.2) is 4.98 Å². The first kappa shape index (κ1) is 16.6. The second kappa shape index (κ2) is 7.19. The van der Waals surface area contributed by atoms with E-state index in [1.54, 1.807) is 0 Å². The van der Waals surface area contributed by atoms with Gasteiger partial charge in [0.05, 0.1) is 17.1 Å². The second-order valence-electron chi connectivity index (χ2n) is 6.43. The van der Waals surface area contributed by atoms with Crippen molar-refractivity contribution in [2.45, 2.75) is 12.8 Å². The molecule has 0 aliphatic carbocycles. The van der Waals surface area contributed by atoms with E-state index in [0.29, 0.717) is 10.6 Å². The minimum absolute atomic E-state index is 0.649. The highest BCUT2D eigenvalue weighted by Gasteiger charge is 2.21. The average Bonchev–Trinajstić information content (AvgIpc) is 3.23. The Morgan fingerprint density at radius 1 is 0.923 bits per heavy atom. The molecule has 0 unspecified atom stereocenters. The summed E-state index contributed by atoms with van der Waals surface area (Å²) in [4.78, 5) is 7.15. The predicted molar refractivity (Wildman–Crippen MR) is 106 cm³/mol. The largest absolute Gasteiger partial charge is 0.370 e. The number of hydrogen-bond donors (Lipinski definition) is 0. The summed E-state index contributed by atoms with van der Waals surface area (Å²) >= 11 is 6.04. The molecule has 3 aromatic rings. The zero-order valence-corrected chi connectivity index (χ0v) is 15.1. The lowest BCUT2D eigenvalue weighted by molar-refractivity contribution is 0.949. The van der Waals surface area contributed by atoms with Crippen LogP contribution in [0.15, 0.2) is 60.7 Å². The molecule has 0 saturated carbocycles. The summed E-state index contributed by atoms with van der Waals surface area (Å²) in [6, 6.07) is 22.1. The van der Waals surface area contributed by atoms with E-state index in [0.717, 1.165) is 54.1 Å². The Morgan fingerprint density at radius 3 is 2.27 bits per heavy atom. The van der Waals surface area contributed by atoms with Gasteiger partial charge in [-0.3, -0.25) is 0 Å². The van der Waals surface area contributed by atoms with Gasteiger partial charge in [0.2, 0.25) is 0 Å². The fourth-order valence-electron chi connectivity index (χ4n) is 3.42. The zero-order chi connectivity index (χ0) is 17.9. The lowest BCUT2D eigenvalue weighted by atomic mass is 10.0. The minimum atomic E-state index is 0.649. The molecule has 1 aliphatic rings. The number of anilines is 1. The molecule has 4 heteroatoms. The fraction of sp³-hybridized carbons (Fsp3) is 0.182. The molecule has 128 valence electrons. The molecule has 1 fully saturated rings. The van der Waals surface area contributed by atoms with Crippen molar-refractivity contribution < 1.29 is 0 Å². The highest BCUT2D eigenvalue weighted by atomic mass is 35.5. The Bertz CT molecular complexity index is 953. The molecule has 0 bridgehead atoms. The molecule has 1 saturated heterocycles. The number of nitrogens with zero attached hydrogens (tertiary/aromatic N) is 3. The van der Waals surface area contributed by atoms with Crippen molar-refractivity contribution in [2.75, 3.05) is 18.0 Å². The van der Waals surface area contributed by atoms with Gasteiger partial charge < -0.3 is 4.90 Å². The van der Waals surface area contributed by atoms with Crippen LogP contribution in [0.4, 0.5) is 5.69 Å². The van der Waals surface area contributed by atoms with Crippen LogP contribution in [0.3, 0.4) is 0 Å². The van der Waals surface area contributed by atoms with E-state index >= 15 is 0 Å². The van der Waals surface area contributed by atoms with E-state index in [1.807, 2.05) is 60.7 Å². The molecule has 0 radical (unpaired) electrons. The number of halogens is 1. The van der Waals surface area contributed by atoms with Gasteiger partial charge in [-0.2, -0.15) is 5.26 Å². The summed E-state index contributed by atoms with van der Waals surface area (Å²) in [6.45, 7) is 1.96. The van der Waals surface area contributed by atoms with E-state index in [2.05, 4.69) is 11.0 Å². The maximum atomic E-state index is 9.88. The molecule has 2 heterocycles. The molecule has 0 spiro atoms. The molecule has 26 heavy (non-hydrogen) atoms. The van der Waals surface area contributed by atoms with Gasteiger partial charge in [0.15, 0.2) is 0 Å². The zero-order valence-electron chi connectivity index (χ0n) is 14.3. The smallest absolute Gasteiger partial charge is 0.104 e. The first-order valence-corrected chi connectivity index (χ1v) is 9.15. The number of nitriles is 1. The molecule has 1 aromatic heterocycles. The van der Waals surface area contributed by atoms with E-state index in [-0.39, 0.29) is 0 Å². The Balaban J connectivity index is 1.94. The minimum Gasteiger partial charge on any atom is -0.370 e. The normalized spacial score (nSPS) is 13.6. The van der Waals surface area contributed by atoms with Gasteiger partial charge in [-0.05, 0) is 31.0 Å². The van der Waals surface area contributed by atoms with E-state index in [4.69, 9.17) is 16.6 Å². The van der Waals surface area contributed by atoms with Crippen molar-refractivity contribution in [1.82, 2.24) is 4.98 Å². The SMILES string of the molecule is N#Cc1c(N2CCCC2)cc(-c2ccc(Cl)cc2)nc1-c1ccccc1. The van der Waals surface area contributed by atoms with Crippen LogP contribution in [-0.2, 0) is 0 Å². The molecular weight excluding hydrogens is 342 g/mol. The molecule has 1 aliphatic heterocycles. The topological polar surface area (TPSA) is 39.9 Å². The highest BCUT2D eigenvalue weighted by Crippen LogP contribution is 2.35. The van der Waals surface area contributed by atoms with Crippen molar-refractivity contribution in [1.29, 1.82) is 5.26 Å². The fourth-order valence-corrected chi connectivity index (χ4v) is 3.55. The maximum absolute atomic E-state index is 9.88. The Kier molecular flexibility index (Phi) is 4.60. The maximum Gasteiger partial charge on any atom is 0.104 e. The second-order valence-corrected chi connectivity index (χ2v) is 6.87. The number of benzene rings is 2. The van der Waals surface area contributed by atoms with Gasteiger partial charge >= 0.3 is 0 Å². The summed E-state index contributed by atoms with van der Waals surface area (Å²) < 4.78 is 0. The highest BCUT2D eigenvalue weighted by molar-refractivity contribution is 6.30. The lowest BCUT2D eigenvalue weighted by Gasteiger charge is -2.21. The number of aromatic nitrogens is 1. The predicted octanol–water partition coefficient (Wildman–Crippen LogP) is 5.54. The van der Waals surface area contributed by atoms with Crippen LogP contribution in [0.1, 0.15) is 18.4 Å². The van der Waals surface area contributed by atoms with Crippen LogP contribution in [0.2, 0.25) is 5.02 Å². The number of rotatable bonds is 3. The summed E-state index contributed by atoms with van der Waals surface area (Å²) in [6.07, 6.45) is 2.31. The third-order valence-electron chi connectivity index (χ3n) is 4.74. The molecule has 2 aromatic carbocycles. The Hall–Kier alpha value is -2.83. The summed E-state index contributed by atoms with van der Waals surface area (Å²) in [5.74, 6) is 0. The van der Waals surface area contributed by atoms with E-state index in [1.165, 1.54) is 0 Å². The van der Waals surface area contributed by atoms with Crippen LogP contribution < -0.4 is 4.90 Å². The third kappa shape index (κ3) is 3.16. The molecule has 0 atom stereocenters. The number of hydrogen-bond acceptors (Lipinski definition) is 3. The summed E-state index contributed by atoms with van der Waals surface area (Å²) in [7, 11) is 0. The summed E-state index contributed by atoms with van der Waals surface area (Å²) in [5.41, 5.74) is 5.18. The van der Waals surface area contributed by atoms with Gasteiger partial charge in [-0.1, -0.05) is 54.1 Å². The van der Waals surface area contributed by atoms with Crippen molar-refractivity contribution in [3.63, 3.8) is 0 Å². The quantitative estimate of drug-likeness (QED) is 0.616. The Morgan fingerprint density at radius 2 is 1.62 bits per heavy atom. The lowest BCUT2D eigenvalue weighted by Crippen LogP contribution is -2.19. The van der Waals surface area contributed by atoms with Crippen LogP contribution >= 0.6 is 11.6 Å². The third-order valence-corrected chi connectivity index (χ3v) is 5.00. The van der Waals surface area contributed by atoms with Crippen LogP contribution in [0, 0.1) is 11.3 Å². The van der Waals surface area contributed by atoms with Crippen molar-refractivity contribution in [3.8, 4) is 28.6 Å². The summed E-state index contributed by atoms with van der Waals surface area (Å²) in [5, 5.41) is 10.6. The molecule has 3 nitrogen and oxygen atoms in total. The molecular formula is C22H18ClN3. The van der Waals surface area contributed by atoms with Crippen LogP contribution in [0.5, 0.6) is 0 Å². The van der Waals surface area contributed by atoms with Crippen molar-refractivity contribution in [2.24, 2.45) is 0 Å². The first-order valence-electron chi connectivity index (χ1n) is 8.78. The molecule has 0 N–H and O–H groups in total. The van der Waals surface area contributed by atoms with Gasteiger partial charge in [-0.15, -0.1) is 0 Å². The molecule has 4 rings (SSSR count). The number of pyridine rings is 1. The average molecular weight is 360 g/mol. The monoisotopic (exact) mass is 359 g/mol. The van der Waals surface area contributed by atoms with Crippen molar-refractivity contribution in [3.05, 3.63) is 71.2 Å². The first-order chi connectivity index (χ1) is 12.8. The van der Waals surface area contributed by atoms with Gasteiger partial charge in [0.25, 0.3) is 0 Å².